The number of para-hydroxylation sites is 2. The second-order valence-electron chi connectivity index (χ2n) is 10.5. The molecule has 4 aromatic heterocycles. The molecule has 1 radical (unpaired) electrons. The van der Waals surface area contributed by atoms with E-state index in [9.17, 15) is 0 Å². The van der Waals surface area contributed by atoms with Crippen molar-refractivity contribution in [3.05, 3.63) is 98.0 Å². The van der Waals surface area contributed by atoms with E-state index in [1.165, 1.54) is 21.7 Å². The first-order valence-electron chi connectivity index (χ1n) is 12.9. The Balaban J connectivity index is 0.00000264. The van der Waals surface area contributed by atoms with Crippen molar-refractivity contribution in [1.82, 2.24) is 4.40 Å². The van der Waals surface area contributed by atoms with Crippen molar-refractivity contribution >= 4 is 49.3 Å². The molecule has 0 aliphatic rings. The Hall–Kier alpha value is -3.46. The monoisotopic (exact) mass is 650 g/mol. The molecule has 0 aliphatic carbocycles. The summed E-state index contributed by atoms with van der Waals surface area (Å²) in [6, 6.07) is 22.9. The first kappa shape index (κ1) is 20.7. The van der Waals surface area contributed by atoms with Gasteiger partial charge in [0.25, 0.3) is 0 Å². The SMILES string of the molecule is [2H]C([2H])(c1ccc(-c2cc3c(cc2[CH2-])oc2c3c3cccc4c5ccccc5n2c43)[n+]([CH2-])c1)C(C)(C)C.[Ir]. The van der Waals surface area contributed by atoms with Crippen LogP contribution in [0.1, 0.15) is 34.6 Å². The summed E-state index contributed by atoms with van der Waals surface area (Å²) in [6.07, 6.45) is 0.297. The summed E-state index contributed by atoms with van der Waals surface area (Å²) in [5.41, 5.74) is 6.67. The number of rotatable bonds is 2. The van der Waals surface area contributed by atoms with Crippen LogP contribution >= 0.6 is 0 Å². The number of fused-ring (bicyclic) bond motifs is 8. The Bertz CT molecular complexity index is 2030. The second kappa shape index (κ2) is 7.77. The number of pyridine rings is 1. The van der Waals surface area contributed by atoms with E-state index in [0.717, 1.165) is 44.4 Å². The topological polar surface area (TPSA) is 21.4 Å². The fourth-order valence-corrected chi connectivity index (χ4v) is 5.56. The number of furan rings is 1. The van der Waals surface area contributed by atoms with E-state index in [4.69, 9.17) is 7.16 Å². The second-order valence-corrected chi connectivity index (χ2v) is 10.5. The predicted octanol–water partition coefficient (Wildman–Crippen LogP) is 7.95. The van der Waals surface area contributed by atoms with Crippen molar-refractivity contribution in [2.45, 2.75) is 27.1 Å². The third kappa shape index (κ3) is 3.18. The molecule has 7 aromatic rings. The minimum Gasteiger partial charge on any atom is -0.452 e. The molecule has 0 fully saturated rings. The number of hydrogen-bond acceptors (Lipinski definition) is 1. The van der Waals surface area contributed by atoms with E-state index in [-0.39, 0.29) is 20.1 Å². The molecule has 3 aromatic carbocycles. The maximum Gasteiger partial charge on any atom is 0.212 e. The van der Waals surface area contributed by atoms with Gasteiger partial charge in [0.2, 0.25) is 5.71 Å². The standard InChI is InChI=1S/C32H27N2O.Ir/c1-19-15-28-25(16-24(19)26-14-13-20(18-33(26)5)17-32(2,3)4)29-23-11-8-10-22-21-9-6-7-12-27(21)34(30(22)23)31(29)35-28;/h6-16,18H,1,5,17H2,2-4H3;/q-1;/i17D2;. The molecular weight excluding hydrogens is 621 g/mol. The van der Waals surface area contributed by atoms with Gasteiger partial charge < -0.3 is 8.98 Å². The van der Waals surface area contributed by atoms with E-state index in [1.807, 2.05) is 39.0 Å². The van der Waals surface area contributed by atoms with Gasteiger partial charge in [-0.05, 0) is 23.4 Å². The van der Waals surface area contributed by atoms with E-state index < -0.39 is 11.8 Å². The van der Waals surface area contributed by atoms with Crippen molar-refractivity contribution in [2.75, 3.05) is 0 Å². The van der Waals surface area contributed by atoms with Crippen molar-refractivity contribution < 1.29 is 31.8 Å². The first-order valence-corrected chi connectivity index (χ1v) is 11.9. The summed E-state index contributed by atoms with van der Waals surface area (Å²) >= 11 is 0. The third-order valence-electron chi connectivity index (χ3n) is 6.88. The van der Waals surface area contributed by atoms with Crippen LogP contribution in [-0.4, -0.2) is 4.40 Å². The smallest absolute Gasteiger partial charge is 0.212 e. The fourth-order valence-electron chi connectivity index (χ4n) is 5.56. The van der Waals surface area contributed by atoms with Crippen LogP contribution in [0.3, 0.4) is 0 Å². The van der Waals surface area contributed by atoms with Gasteiger partial charge in [-0.15, -0.1) is 17.7 Å². The molecule has 7 rings (SSSR count). The van der Waals surface area contributed by atoms with Crippen LogP contribution < -0.4 is 4.57 Å². The van der Waals surface area contributed by atoms with Gasteiger partial charge in [0, 0.05) is 51.4 Å². The zero-order valence-corrected chi connectivity index (χ0v) is 22.9. The van der Waals surface area contributed by atoms with Crippen molar-refractivity contribution in [3.63, 3.8) is 0 Å². The van der Waals surface area contributed by atoms with E-state index in [1.54, 1.807) is 10.8 Å². The molecule has 36 heavy (non-hydrogen) atoms. The minimum absolute atomic E-state index is 0. The van der Waals surface area contributed by atoms with Crippen LogP contribution in [0.5, 0.6) is 0 Å². The molecule has 0 saturated heterocycles. The summed E-state index contributed by atoms with van der Waals surface area (Å²) in [7, 11) is 4.22. The molecule has 0 aliphatic heterocycles. The molecule has 0 unspecified atom stereocenters. The number of aromatic nitrogens is 2. The molecule has 0 N–H and O–H groups in total. The van der Waals surface area contributed by atoms with Crippen LogP contribution in [0.2, 0.25) is 0 Å². The summed E-state index contributed by atoms with van der Waals surface area (Å²) in [4.78, 5) is 0. The molecule has 0 spiro atoms. The van der Waals surface area contributed by atoms with Crippen LogP contribution in [0.15, 0.2) is 77.3 Å². The fraction of sp³-hybridized carbons (Fsp3) is 0.156. The van der Waals surface area contributed by atoms with Crippen LogP contribution in [-0.2, 0) is 26.5 Å². The van der Waals surface area contributed by atoms with Crippen LogP contribution in [0.4, 0.5) is 0 Å². The van der Waals surface area contributed by atoms with Gasteiger partial charge in [-0.3, -0.25) is 4.40 Å². The maximum atomic E-state index is 8.66. The van der Waals surface area contributed by atoms with Gasteiger partial charge in [-0.2, -0.15) is 12.5 Å². The zero-order valence-electron chi connectivity index (χ0n) is 22.5. The summed E-state index contributed by atoms with van der Waals surface area (Å²) in [5, 5.41) is 5.74. The largest absolute Gasteiger partial charge is 0.452 e. The zero-order chi connectivity index (χ0) is 25.9. The molecule has 0 saturated carbocycles. The van der Waals surface area contributed by atoms with E-state index in [2.05, 4.69) is 66.9 Å². The Morgan fingerprint density at radius 1 is 0.944 bits per heavy atom. The Morgan fingerprint density at radius 3 is 2.47 bits per heavy atom. The van der Waals surface area contributed by atoms with Gasteiger partial charge in [0.05, 0.1) is 33.9 Å². The Kier molecular flexibility index (Phi) is 4.47. The summed E-state index contributed by atoms with van der Waals surface area (Å²) in [5.74, 6) is 0. The number of hydrogen-bond donors (Lipinski definition) is 0. The Morgan fingerprint density at radius 2 is 1.69 bits per heavy atom. The molecule has 0 bridgehead atoms. The molecular formula is C32H27IrN2O-. The first-order chi connectivity index (χ1) is 17.6. The van der Waals surface area contributed by atoms with Gasteiger partial charge in [-0.25, -0.2) is 0 Å². The average Bonchev–Trinajstić information content (AvgIpc) is 3.48. The van der Waals surface area contributed by atoms with Gasteiger partial charge in [0.15, 0.2) is 0 Å². The third-order valence-corrected chi connectivity index (χ3v) is 6.88. The number of benzene rings is 3. The molecule has 181 valence electrons. The normalized spacial score (nSPS) is 13.6. The van der Waals surface area contributed by atoms with Crippen molar-refractivity contribution in [3.8, 4) is 11.3 Å². The molecule has 0 amide bonds. The number of nitrogens with zero attached hydrogens (tertiary/aromatic N) is 2. The predicted molar refractivity (Wildman–Crippen MR) is 145 cm³/mol. The Labute approximate surface area is 226 Å². The maximum absolute atomic E-state index is 8.66. The molecule has 4 heterocycles. The summed E-state index contributed by atoms with van der Waals surface area (Å²) < 4.78 is 27.8. The van der Waals surface area contributed by atoms with E-state index in [0.29, 0.717) is 5.56 Å². The summed E-state index contributed by atoms with van der Waals surface area (Å²) in [6.45, 7) is 10.1. The molecule has 3 nitrogen and oxygen atoms in total. The average molecular weight is 650 g/mol. The van der Waals surface area contributed by atoms with Gasteiger partial charge in [0.1, 0.15) is 0 Å². The molecule has 4 heteroatoms. The van der Waals surface area contributed by atoms with Gasteiger partial charge >= 0.3 is 0 Å². The molecule has 0 atom stereocenters. The van der Waals surface area contributed by atoms with Crippen LogP contribution in [0, 0.1) is 19.4 Å². The van der Waals surface area contributed by atoms with Crippen molar-refractivity contribution in [2.24, 2.45) is 5.41 Å². The van der Waals surface area contributed by atoms with Crippen molar-refractivity contribution in [1.29, 1.82) is 0 Å². The minimum atomic E-state index is -1.50. The quantitative estimate of drug-likeness (QED) is 0.138. The van der Waals surface area contributed by atoms with E-state index >= 15 is 0 Å². The van der Waals surface area contributed by atoms with Gasteiger partial charge in [-0.1, -0.05) is 69.3 Å². The van der Waals surface area contributed by atoms with Crippen LogP contribution in [0.25, 0.3) is 60.5 Å².